The molecule has 0 aliphatic heterocycles. The largest absolute Gasteiger partial charge is 0.368 e. The molecule has 4 heterocycles. The number of hydrogen-bond donors (Lipinski definition) is 2. The van der Waals surface area contributed by atoms with E-state index in [1.54, 1.807) is 35.4 Å². The number of fused-ring (bicyclic) bond motifs is 1. The van der Waals surface area contributed by atoms with Crippen LogP contribution >= 0.6 is 23.2 Å². The van der Waals surface area contributed by atoms with Crippen LogP contribution in [0.1, 0.15) is 5.69 Å². The number of hydrogen-bond acceptors (Lipinski definition) is 8. The topological polar surface area (TPSA) is 111 Å². The maximum Gasteiger partial charge on any atom is 0.254 e. The molecular formula is C21H18Cl2N10. The first kappa shape index (κ1) is 21.1. The molecule has 0 spiro atoms. The fraction of sp³-hybridized carbons (Fsp3) is 0.143. The predicted molar refractivity (Wildman–Crippen MR) is 127 cm³/mol. The van der Waals surface area contributed by atoms with Crippen LogP contribution in [0.25, 0.3) is 22.7 Å². The van der Waals surface area contributed by atoms with Gasteiger partial charge in [0, 0.05) is 47.8 Å². The van der Waals surface area contributed by atoms with Crippen molar-refractivity contribution in [1.82, 2.24) is 39.1 Å². The number of benzene rings is 1. The van der Waals surface area contributed by atoms with Gasteiger partial charge < -0.3 is 15.2 Å². The normalized spacial score (nSPS) is 11.1. The zero-order valence-electron chi connectivity index (χ0n) is 17.4. The first-order chi connectivity index (χ1) is 16.1. The second kappa shape index (κ2) is 9.00. The third-order valence-electron chi connectivity index (χ3n) is 4.83. The van der Waals surface area contributed by atoms with Crippen LogP contribution in [0.3, 0.4) is 0 Å². The highest BCUT2D eigenvalue weighted by Gasteiger charge is 2.15. The van der Waals surface area contributed by atoms with Crippen molar-refractivity contribution in [2.45, 2.75) is 6.92 Å². The van der Waals surface area contributed by atoms with Gasteiger partial charge in [-0.2, -0.15) is 14.6 Å². The van der Waals surface area contributed by atoms with Crippen molar-refractivity contribution in [1.29, 1.82) is 0 Å². The molecule has 0 atom stereocenters. The highest BCUT2D eigenvalue weighted by Crippen LogP contribution is 2.33. The highest BCUT2D eigenvalue weighted by atomic mass is 35.5. The van der Waals surface area contributed by atoms with Crippen molar-refractivity contribution in [3.05, 3.63) is 71.2 Å². The van der Waals surface area contributed by atoms with E-state index < -0.39 is 0 Å². The quantitative estimate of drug-likeness (QED) is 0.337. The van der Waals surface area contributed by atoms with Gasteiger partial charge in [-0.15, -0.1) is 0 Å². The minimum Gasteiger partial charge on any atom is -0.368 e. The fourth-order valence-corrected chi connectivity index (χ4v) is 3.85. The summed E-state index contributed by atoms with van der Waals surface area (Å²) in [6.07, 6.45) is 8.41. The SMILES string of the molecule is Cc1cc(NCCNc2ncc(-n3ccnc3)c(-c3ccc(Cl)cc3Cl)n2)n2ncnc2n1. The molecule has 0 amide bonds. The molecule has 0 unspecified atom stereocenters. The minimum atomic E-state index is 0.471. The standard InChI is InChI=1S/C21H18Cl2N10/c1-13-8-18(33-21(30-13)28-11-29-33)25-4-5-26-20-27-10-17(32-7-6-24-12-32)19(31-20)15-3-2-14(22)9-16(15)23/h2-3,6-12,25H,4-5H2,1H3,(H,26,27,31). The predicted octanol–water partition coefficient (Wildman–Crippen LogP) is 3.91. The van der Waals surface area contributed by atoms with E-state index in [2.05, 4.69) is 35.7 Å². The van der Waals surface area contributed by atoms with E-state index in [1.807, 2.05) is 29.8 Å². The Morgan fingerprint density at radius 3 is 2.73 bits per heavy atom. The van der Waals surface area contributed by atoms with E-state index in [4.69, 9.17) is 28.2 Å². The number of rotatable bonds is 7. The van der Waals surface area contributed by atoms with Gasteiger partial charge in [-0.3, -0.25) is 0 Å². The Kier molecular flexibility index (Phi) is 5.76. The van der Waals surface area contributed by atoms with Gasteiger partial charge >= 0.3 is 0 Å². The van der Waals surface area contributed by atoms with Crippen LogP contribution in [0, 0.1) is 6.92 Å². The molecule has 0 aliphatic rings. The second-order valence-corrected chi connectivity index (χ2v) is 7.97. The Balaban J connectivity index is 1.36. The minimum absolute atomic E-state index is 0.471. The molecule has 12 heteroatoms. The van der Waals surface area contributed by atoms with Gasteiger partial charge in [0.05, 0.1) is 23.2 Å². The van der Waals surface area contributed by atoms with Crippen LogP contribution in [-0.4, -0.2) is 52.2 Å². The van der Waals surface area contributed by atoms with E-state index >= 15 is 0 Å². The van der Waals surface area contributed by atoms with Crippen LogP contribution in [0.5, 0.6) is 0 Å². The van der Waals surface area contributed by atoms with Crippen molar-refractivity contribution in [2.75, 3.05) is 23.7 Å². The maximum absolute atomic E-state index is 6.48. The average Bonchev–Trinajstić information content (AvgIpc) is 3.49. The lowest BCUT2D eigenvalue weighted by molar-refractivity contribution is 0.911. The fourth-order valence-electron chi connectivity index (χ4n) is 3.35. The lowest BCUT2D eigenvalue weighted by Gasteiger charge is -2.14. The van der Waals surface area contributed by atoms with Gasteiger partial charge in [0.15, 0.2) is 0 Å². The number of nitrogens with zero attached hydrogens (tertiary/aromatic N) is 8. The van der Waals surface area contributed by atoms with E-state index in [1.165, 1.54) is 6.33 Å². The Hall–Kier alpha value is -3.76. The molecule has 166 valence electrons. The van der Waals surface area contributed by atoms with Gasteiger partial charge in [-0.25, -0.2) is 19.9 Å². The van der Waals surface area contributed by atoms with E-state index in [9.17, 15) is 0 Å². The van der Waals surface area contributed by atoms with Gasteiger partial charge in [-0.05, 0) is 25.1 Å². The Morgan fingerprint density at radius 2 is 1.91 bits per heavy atom. The molecule has 5 rings (SSSR count). The van der Waals surface area contributed by atoms with Crippen LogP contribution in [0.15, 0.2) is 55.5 Å². The van der Waals surface area contributed by atoms with Crippen LogP contribution in [-0.2, 0) is 0 Å². The van der Waals surface area contributed by atoms with Crippen molar-refractivity contribution in [3.63, 3.8) is 0 Å². The van der Waals surface area contributed by atoms with E-state index in [0.717, 1.165) is 22.8 Å². The van der Waals surface area contributed by atoms with Gasteiger partial charge in [0.25, 0.3) is 5.78 Å². The lowest BCUT2D eigenvalue weighted by Crippen LogP contribution is -2.17. The summed E-state index contributed by atoms with van der Waals surface area (Å²) < 4.78 is 3.49. The molecule has 33 heavy (non-hydrogen) atoms. The van der Waals surface area contributed by atoms with Crippen molar-refractivity contribution < 1.29 is 0 Å². The zero-order valence-corrected chi connectivity index (χ0v) is 19.0. The second-order valence-electron chi connectivity index (χ2n) is 7.13. The van der Waals surface area contributed by atoms with Gasteiger partial charge in [0.2, 0.25) is 5.95 Å². The molecule has 5 aromatic rings. The van der Waals surface area contributed by atoms with Gasteiger partial charge in [-0.1, -0.05) is 23.2 Å². The summed E-state index contributed by atoms with van der Waals surface area (Å²) in [4.78, 5) is 21.8. The number of aromatic nitrogens is 8. The zero-order chi connectivity index (χ0) is 22.8. The number of halogens is 2. The van der Waals surface area contributed by atoms with Crippen LogP contribution in [0.2, 0.25) is 10.0 Å². The summed E-state index contributed by atoms with van der Waals surface area (Å²) >= 11 is 12.6. The summed E-state index contributed by atoms with van der Waals surface area (Å²) in [6, 6.07) is 7.23. The molecule has 0 fully saturated rings. The van der Waals surface area contributed by atoms with Crippen LogP contribution in [0.4, 0.5) is 11.8 Å². The van der Waals surface area contributed by atoms with Crippen molar-refractivity contribution in [3.8, 4) is 16.9 Å². The maximum atomic E-state index is 6.48. The van der Waals surface area contributed by atoms with E-state index in [0.29, 0.717) is 40.6 Å². The monoisotopic (exact) mass is 480 g/mol. The third-order valence-corrected chi connectivity index (χ3v) is 5.38. The lowest BCUT2D eigenvalue weighted by atomic mass is 10.1. The Morgan fingerprint density at radius 1 is 1.03 bits per heavy atom. The number of imidazole rings is 1. The molecule has 2 N–H and O–H groups in total. The smallest absolute Gasteiger partial charge is 0.254 e. The molecule has 0 saturated heterocycles. The van der Waals surface area contributed by atoms with Crippen molar-refractivity contribution >= 4 is 40.7 Å². The molecule has 1 aromatic carbocycles. The Bertz CT molecular complexity index is 1410. The molecule has 0 saturated carbocycles. The van der Waals surface area contributed by atoms with Crippen LogP contribution < -0.4 is 10.6 Å². The summed E-state index contributed by atoms with van der Waals surface area (Å²) in [7, 11) is 0. The summed E-state index contributed by atoms with van der Waals surface area (Å²) in [6.45, 7) is 3.08. The average molecular weight is 481 g/mol. The number of aryl methyl sites for hydroxylation is 1. The molecule has 0 bridgehead atoms. The molecular weight excluding hydrogens is 463 g/mol. The molecule has 10 nitrogen and oxygen atoms in total. The number of anilines is 2. The molecule has 0 aliphatic carbocycles. The van der Waals surface area contributed by atoms with Crippen molar-refractivity contribution in [2.24, 2.45) is 0 Å². The summed E-state index contributed by atoms with van der Waals surface area (Å²) in [5.41, 5.74) is 3.01. The first-order valence-corrected chi connectivity index (χ1v) is 10.8. The highest BCUT2D eigenvalue weighted by molar-refractivity contribution is 6.36. The first-order valence-electron chi connectivity index (χ1n) is 10.0. The third kappa shape index (κ3) is 4.43. The van der Waals surface area contributed by atoms with Gasteiger partial charge in [0.1, 0.15) is 17.8 Å². The summed E-state index contributed by atoms with van der Waals surface area (Å²) in [5.74, 6) is 1.83. The number of nitrogens with one attached hydrogen (secondary N) is 2. The Labute approximate surface area is 198 Å². The summed E-state index contributed by atoms with van der Waals surface area (Å²) in [5, 5.41) is 11.8. The molecule has 0 radical (unpaired) electrons. The molecule has 4 aromatic heterocycles. The van der Waals surface area contributed by atoms with E-state index in [-0.39, 0.29) is 0 Å².